The molecular weight excluding hydrogens is 322 g/mol. The van der Waals surface area contributed by atoms with Gasteiger partial charge in [-0.2, -0.15) is 0 Å². The van der Waals surface area contributed by atoms with Gasteiger partial charge in [0.15, 0.2) is 0 Å². The molecule has 2 aromatic carbocycles. The van der Waals surface area contributed by atoms with Crippen molar-refractivity contribution in [1.82, 2.24) is 4.90 Å². The Labute approximate surface area is 157 Å². The van der Waals surface area contributed by atoms with Crippen molar-refractivity contribution in [3.8, 4) is 0 Å². The second-order valence-corrected chi connectivity index (χ2v) is 7.55. The molecule has 26 heavy (non-hydrogen) atoms. The Hall–Kier alpha value is -1.68. The number of methoxy groups -OCH3 is 1. The lowest BCUT2D eigenvalue weighted by molar-refractivity contribution is -0.125. The van der Waals surface area contributed by atoms with Gasteiger partial charge in [0.05, 0.1) is 11.7 Å². The summed E-state index contributed by atoms with van der Waals surface area (Å²) in [7, 11) is 1.73. The summed E-state index contributed by atoms with van der Waals surface area (Å²) in [6.07, 6.45) is 3.50. The molecule has 3 rings (SSSR count). The molecule has 0 amide bonds. The van der Waals surface area contributed by atoms with Gasteiger partial charge in [0.25, 0.3) is 0 Å². The Morgan fingerprint density at radius 3 is 1.81 bits per heavy atom. The van der Waals surface area contributed by atoms with Gasteiger partial charge in [-0.15, -0.1) is 0 Å². The average molecular weight is 354 g/mol. The largest absolute Gasteiger partial charge is 0.390 e. The predicted molar refractivity (Wildman–Crippen MR) is 106 cm³/mol. The maximum Gasteiger partial charge on any atom is 0.0934 e. The van der Waals surface area contributed by atoms with Crippen molar-refractivity contribution in [2.45, 2.75) is 63.4 Å². The first kappa shape index (κ1) is 19.1. The standard InChI is InChI=1S/C23H31NO2/c1-19(25)23(26-2)15-13-22(14-16-23)24(17-20-9-5-3-6-10-20)18-21-11-7-4-8-12-21/h3-12,19,22,25H,13-18H2,1-2H3. The molecule has 1 atom stereocenters. The van der Waals surface area contributed by atoms with Crippen molar-refractivity contribution in [2.75, 3.05) is 7.11 Å². The van der Waals surface area contributed by atoms with Crippen LogP contribution in [-0.2, 0) is 17.8 Å². The van der Waals surface area contributed by atoms with E-state index in [1.807, 2.05) is 6.92 Å². The van der Waals surface area contributed by atoms with Gasteiger partial charge in [-0.1, -0.05) is 60.7 Å². The third-order valence-corrected chi connectivity index (χ3v) is 5.94. The zero-order valence-electron chi connectivity index (χ0n) is 16.0. The maximum atomic E-state index is 10.2. The maximum absolute atomic E-state index is 10.2. The highest BCUT2D eigenvalue weighted by Crippen LogP contribution is 2.37. The van der Waals surface area contributed by atoms with E-state index in [4.69, 9.17) is 4.74 Å². The molecule has 0 heterocycles. The summed E-state index contributed by atoms with van der Waals surface area (Å²) in [6, 6.07) is 21.9. The lowest BCUT2D eigenvalue weighted by Gasteiger charge is -2.44. The Kier molecular flexibility index (Phi) is 6.47. The predicted octanol–water partition coefficient (Wildman–Crippen LogP) is 4.40. The number of nitrogens with zero attached hydrogens (tertiary/aromatic N) is 1. The highest BCUT2D eigenvalue weighted by Gasteiger charge is 2.40. The summed E-state index contributed by atoms with van der Waals surface area (Å²) in [6.45, 7) is 3.76. The number of hydrogen-bond acceptors (Lipinski definition) is 3. The first-order valence-electron chi connectivity index (χ1n) is 9.68. The molecule has 2 aromatic rings. The van der Waals surface area contributed by atoms with Crippen LogP contribution in [-0.4, -0.2) is 34.9 Å². The molecule has 1 saturated carbocycles. The van der Waals surface area contributed by atoms with E-state index in [1.165, 1.54) is 11.1 Å². The Balaban J connectivity index is 1.73. The van der Waals surface area contributed by atoms with Crippen LogP contribution >= 0.6 is 0 Å². The van der Waals surface area contributed by atoms with Gasteiger partial charge < -0.3 is 9.84 Å². The summed E-state index contributed by atoms with van der Waals surface area (Å²) < 4.78 is 5.74. The van der Waals surface area contributed by atoms with E-state index < -0.39 is 6.10 Å². The molecule has 3 heteroatoms. The Morgan fingerprint density at radius 1 is 0.962 bits per heavy atom. The minimum Gasteiger partial charge on any atom is -0.390 e. The van der Waals surface area contributed by atoms with E-state index in [9.17, 15) is 5.11 Å². The van der Waals surface area contributed by atoms with Gasteiger partial charge >= 0.3 is 0 Å². The Bertz CT molecular complexity index is 607. The van der Waals surface area contributed by atoms with Crippen molar-refractivity contribution in [1.29, 1.82) is 0 Å². The smallest absolute Gasteiger partial charge is 0.0934 e. The van der Waals surface area contributed by atoms with Gasteiger partial charge in [0.1, 0.15) is 0 Å². The minimum absolute atomic E-state index is 0.373. The molecule has 1 aliphatic rings. The van der Waals surface area contributed by atoms with Crippen molar-refractivity contribution in [3.63, 3.8) is 0 Å². The summed E-state index contributed by atoms with van der Waals surface area (Å²) >= 11 is 0. The van der Waals surface area contributed by atoms with E-state index in [0.29, 0.717) is 6.04 Å². The fourth-order valence-electron chi connectivity index (χ4n) is 4.20. The van der Waals surface area contributed by atoms with Gasteiger partial charge in [-0.05, 0) is 43.7 Å². The number of aliphatic hydroxyl groups is 1. The van der Waals surface area contributed by atoms with Gasteiger partial charge in [-0.3, -0.25) is 4.90 Å². The molecule has 0 aliphatic heterocycles. The summed E-state index contributed by atoms with van der Waals surface area (Å²) in [5.74, 6) is 0. The quantitative estimate of drug-likeness (QED) is 0.801. The van der Waals surface area contributed by atoms with Crippen LogP contribution in [0.4, 0.5) is 0 Å². The van der Waals surface area contributed by atoms with E-state index in [0.717, 1.165) is 38.8 Å². The van der Waals surface area contributed by atoms with Crippen molar-refractivity contribution < 1.29 is 9.84 Å². The van der Waals surface area contributed by atoms with Crippen molar-refractivity contribution in [3.05, 3.63) is 71.8 Å². The molecule has 140 valence electrons. The van der Waals surface area contributed by atoms with Crippen LogP contribution in [0.1, 0.15) is 43.7 Å². The highest BCUT2D eigenvalue weighted by molar-refractivity contribution is 5.17. The topological polar surface area (TPSA) is 32.7 Å². The van der Waals surface area contributed by atoms with E-state index in [-0.39, 0.29) is 5.60 Å². The SMILES string of the molecule is COC1(C(C)O)CCC(N(Cc2ccccc2)Cc2ccccc2)CC1. The number of benzene rings is 2. The second kappa shape index (κ2) is 8.81. The van der Waals surface area contributed by atoms with E-state index >= 15 is 0 Å². The lowest BCUT2D eigenvalue weighted by Crippen LogP contribution is -2.49. The molecule has 3 nitrogen and oxygen atoms in total. The average Bonchev–Trinajstić information content (AvgIpc) is 2.69. The number of rotatable bonds is 7. The number of ether oxygens (including phenoxy) is 1. The van der Waals surface area contributed by atoms with Gasteiger partial charge in [0, 0.05) is 26.2 Å². The summed E-state index contributed by atoms with van der Waals surface area (Å²) in [5, 5.41) is 10.2. The second-order valence-electron chi connectivity index (χ2n) is 7.55. The van der Waals surface area contributed by atoms with E-state index in [2.05, 4.69) is 65.6 Å². The van der Waals surface area contributed by atoms with Crippen LogP contribution in [0.25, 0.3) is 0 Å². The van der Waals surface area contributed by atoms with Crippen LogP contribution < -0.4 is 0 Å². The van der Waals surface area contributed by atoms with Crippen LogP contribution in [0.3, 0.4) is 0 Å². The minimum atomic E-state index is -0.426. The molecule has 0 aromatic heterocycles. The van der Waals surface area contributed by atoms with Crippen molar-refractivity contribution >= 4 is 0 Å². The first-order valence-corrected chi connectivity index (χ1v) is 9.68. The van der Waals surface area contributed by atoms with Crippen LogP contribution in [0.2, 0.25) is 0 Å². The van der Waals surface area contributed by atoms with Crippen molar-refractivity contribution in [2.24, 2.45) is 0 Å². The molecule has 1 fully saturated rings. The van der Waals surface area contributed by atoms with Crippen LogP contribution in [0.15, 0.2) is 60.7 Å². The normalized spacial score (nSPS) is 24.5. The third-order valence-electron chi connectivity index (χ3n) is 5.94. The molecule has 1 N–H and O–H groups in total. The number of hydrogen-bond donors (Lipinski definition) is 1. The summed E-state index contributed by atoms with van der Waals surface area (Å²) in [5.41, 5.74) is 2.33. The lowest BCUT2D eigenvalue weighted by atomic mass is 9.78. The Morgan fingerprint density at radius 2 is 1.42 bits per heavy atom. The molecule has 1 aliphatic carbocycles. The van der Waals surface area contributed by atoms with Gasteiger partial charge in [0.2, 0.25) is 0 Å². The van der Waals surface area contributed by atoms with Gasteiger partial charge in [-0.25, -0.2) is 0 Å². The molecule has 0 bridgehead atoms. The fourth-order valence-corrected chi connectivity index (χ4v) is 4.20. The van der Waals surface area contributed by atoms with Crippen LogP contribution in [0, 0.1) is 0 Å². The zero-order chi connectivity index (χ0) is 18.4. The molecular formula is C23H31NO2. The van der Waals surface area contributed by atoms with Crippen LogP contribution in [0.5, 0.6) is 0 Å². The highest BCUT2D eigenvalue weighted by atomic mass is 16.5. The fraction of sp³-hybridized carbons (Fsp3) is 0.478. The summed E-state index contributed by atoms with van der Waals surface area (Å²) in [4.78, 5) is 2.59. The molecule has 0 spiro atoms. The first-order chi connectivity index (χ1) is 12.6. The third kappa shape index (κ3) is 4.53. The molecule has 0 saturated heterocycles. The monoisotopic (exact) mass is 353 g/mol. The molecule has 1 unspecified atom stereocenters. The molecule has 0 radical (unpaired) electrons. The zero-order valence-corrected chi connectivity index (χ0v) is 16.0. The van der Waals surface area contributed by atoms with E-state index in [1.54, 1.807) is 7.11 Å². The number of aliphatic hydroxyl groups excluding tert-OH is 1.